The number of hydrogen-bond donors (Lipinski definition) is 2. The Morgan fingerprint density at radius 3 is 2.70 bits per heavy atom. The third-order valence-electron chi connectivity index (χ3n) is 1.59. The van der Waals surface area contributed by atoms with Crippen LogP contribution in [0.15, 0.2) is 0 Å². The van der Waals surface area contributed by atoms with E-state index in [-0.39, 0.29) is 17.5 Å². The van der Waals surface area contributed by atoms with Crippen LogP contribution in [0.1, 0.15) is 0 Å². The molecule has 1 fully saturated rings. The van der Waals surface area contributed by atoms with Crippen LogP contribution >= 0.6 is 0 Å². The van der Waals surface area contributed by atoms with Crippen molar-refractivity contribution in [2.45, 2.75) is 6.04 Å². The molecule has 0 spiro atoms. The minimum absolute atomic E-state index is 0.0289. The van der Waals surface area contributed by atoms with E-state index < -0.39 is 9.84 Å². The van der Waals surface area contributed by atoms with Crippen molar-refractivity contribution in [2.24, 2.45) is 5.73 Å². The highest BCUT2D eigenvalue weighted by Gasteiger charge is 2.22. The number of rotatable bonds is 1. The maximum atomic E-state index is 10.9. The van der Waals surface area contributed by atoms with Crippen molar-refractivity contribution in [3.8, 4) is 0 Å². The zero-order valence-electron chi connectivity index (χ0n) is 5.71. The predicted octanol–water partition coefficient (Wildman–Crippen LogP) is -1.67. The lowest BCUT2D eigenvalue weighted by atomic mass is 10.3. The van der Waals surface area contributed by atoms with E-state index in [9.17, 15) is 8.42 Å². The molecule has 0 radical (unpaired) electrons. The van der Waals surface area contributed by atoms with Crippen molar-refractivity contribution >= 4 is 9.84 Å². The molecule has 0 unspecified atom stereocenters. The quantitative estimate of drug-likeness (QED) is 0.486. The molecule has 1 heterocycles. The van der Waals surface area contributed by atoms with E-state index in [0.717, 1.165) is 0 Å². The smallest absolute Gasteiger partial charge is 0.153 e. The summed E-state index contributed by atoms with van der Waals surface area (Å²) >= 11 is 0. The molecule has 0 aromatic heterocycles. The number of nitrogens with one attached hydrogen (secondary N) is 1. The number of hydrogen-bond acceptors (Lipinski definition) is 4. The van der Waals surface area contributed by atoms with Gasteiger partial charge in [-0.2, -0.15) is 0 Å². The van der Waals surface area contributed by atoms with Crippen LogP contribution in [0.3, 0.4) is 0 Å². The van der Waals surface area contributed by atoms with E-state index in [1.807, 2.05) is 0 Å². The SMILES string of the molecule is NC[C@@H]1CS(=O)(=O)CCN1. The van der Waals surface area contributed by atoms with Crippen molar-refractivity contribution in [1.29, 1.82) is 0 Å². The summed E-state index contributed by atoms with van der Waals surface area (Å²) in [6.07, 6.45) is 0. The molecule has 5 heteroatoms. The fourth-order valence-electron chi connectivity index (χ4n) is 1.02. The van der Waals surface area contributed by atoms with Gasteiger partial charge in [-0.15, -0.1) is 0 Å². The van der Waals surface area contributed by atoms with Gasteiger partial charge < -0.3 is 11.1 Å². The Morgan fingerprint density at radius 1 is 1.60 bits per heavy atom. The molecule has 0 saturated carbocycles. The van der Waals surface area contributed by atoms with E-state index in [4.69, 9.17) is 5.73 Å². The van der Waals surface area contributed by atoms with Crippen molar-refractivity contribution in [2.75, 3.05) is 24.6 Å². The largest absolute Gasteiger partial charge is 0.329 e. The van der Waals surface area contributed by atoms with Crippen molar-refractivity contribution in [3.05, 3.63) is 0 Å². The van der Waals surface area contributed by atoms with Gasteiger partial charge in [-0.05, 0) is 0 Å². The Bertz CT molecular complexity index is 200. The summed E-state index contributed by atoms with van der Waals surface area (Å²) < 4.78 is 21.8. The Balaban J connectivity index is 2.56. The molecule has 1 aliphatic heterocycles. The second kappa shape index (κ2) is 2.86. The summed E-state index contributed by atoms with van der Waals surface area (Å²) in [5.41, 5.74) is 5.30. The Morgan fingerprint density at radius 2 is 2.30 bits per heavy atom. The van der Waals surface area contributed by atoms with E-state index in [1.165, 1.54) is 0 Å². The zero-order valence-corrected chi connectivity index (χ0v) is 6.52. The van der Waals surface area contributed by atoms with Crippen LogP contribution in [-0.2, 0) is 9.84 Å². The molecule has 0 bridgehead atoms. The Hall–Kier alpha value is -0.130. The van der Waals surface area contributed by atoms with Crippen LogP contribution in [0, 0.1) is 0 Å². The summed E-state index contributed by atoms with van der Waals surface area (Å²) in [6, 6.07) is -0.0289. The summed E-state index contributed by atoms with van der Waals surface area (Å²) in [6.45, 7) is 0.948. The minimum Gasteiger partial charge on any atom is -0.329 e. The molecule has 0 aliphatic carbocycles. The zero-order chi connectivity index (χ0) is 7.61. The Kier molecular flexibility index (Phi) is 2.28. The third-order valence-corrected chi connectivity index (χ3v) is 3.32. The molecule has 10 heavy (non-hydrogen) atoms. The van der Waals surface area contributed by atoms with E-state index in [0.29, 0.717) is 13.1 Å². The average molecular weight is 164 g/mol. The van der Waals surface area contributed by atoms with Crippen molar-refractivity contribution < 1.29 is 8.42 Å². The van der Waals surface area contributed by atoms with Gasteiger partial charge in [0, 0.05) is 19.1 Å². The van der Waals surface area contributed by atoms with Gasteiger partial charge in [-0.1, -0.05) is 0 Å². The van der Waals surface area contributed by atoms with Gasteiger partial charge in [0.1, 0.15) is 0 Å². The summed E-state index contributed by atoms with van der Waals surface area (Å²) in [7, 11) is -2.79. The maximum absolute atomic E-state index is 10.9. The minimum atomic E-state index is -2.79. The highest BCUT2D eigenvalue weighted by Crippen LogP contribution is 1.98. The first-order valence-corrected chi connectivity index (χ1v) is 5.10. The second-order valence-electron chi connectivity index (χ2n) is 2.50. The van der Waals surface area contributed by atoms with Crippen LogP contribution in [0.5, 0.6) is 0 Å². The fourth-order valence-corrected chi connectivity index (χ4v) is 2.48. The van der Waals surface area contributed by atoms with Crippen LogP contribution in [-0.4, -0.2) is 39.1 Å². The van der Waals surface area contributed by atoms with Gasteiger partial charge in [-0.3, -0.25) is 0 Å². The lowest BCUT2D eigenvalue weighted by Gasteiger charge is -2.21. The van der Waals surface area contributed by atoms with Gasteiger partial charge in [0.25, 0.3) is 0 Å². The predicted molar refractivity (Wildman–Crippen MR) is 39.5 cm³/mol. The molecule has 0 amide bonds. The first-order valence-electron chi connectivity index (χ1n) is 3.28. The van der Waals surface area contributed by atoms with Gasteiger partial charge in [0.2, 0.25) is 0 Å². The molecular formula is C5H12N2O2S. The molecule has 1 saturated heterocycles. The molecular weight excluding hydrogens is 152 g/mol. The van der Waals surface area contributed by atoms with Gasteiger partial charge >= 0.3 is 0 Å². The monoisotopic (exact) mass is 164 g/mol. The first kappa shape index (κ1) is 7.97. The van der Waals surface area contributed by atoms with Crippen LogP contribution < -0.4 is 11.1 Å². The molecule has 1 aliphatic rings. The van der Waals surface area contributed by atoms with Gasteiger partial charge in [-0.25, -0.2) is 8.42 Å². The topological polar surface area (TPSA) is 72.2 Å². The van der Waals surface area contributed by atoms with Crippen LogP contribution in [0.2, 0.25) is 0 Å². The Labute approximate surface area is 60.7 Å². The fraction of sp³-hybridized carbons (Fsp3) is 1.00. The molecule has 1 atom stereocenters. The molecule has 0 aromatic carbocycles. The van der Waals surface area contributed by atoms with E-state index >= 15 is 0 Å². The second-order valence-corrected chi connectivity index (χ2v) is 4.73. The number of nitrogens with two attached hydrogens (primary N) is 1. The lowest BCUT2D eigenvalue weighted by molar-refractivity contribution is 0.522. The highest BCUT2D eigenvalue weighted by atomic mass is 32.2. The van der Waals surface area contributed by atoms with Crippen LogP contribution in [0.4, 0.5) is 0 Å². The molecule has 4 nitrogen and oxygen atoms in total. The molecule has 0 aromatic rings. The van der Waals surface area contributed by atoms with Crippen molar-refractivity contribution in [1.82, 2.24) is 5.32 Å². The maximum Gasteiger partial charge on any atom is 0.153 e. The first-order chi connectivity index (χ1) is 4.64. The van der Waals surface area contributed by atoms with E-state index in [1.54, 1.807) is 0 Å². The number of sulfone groups is 1. The molecule has 3 N–H and O–H groups in total. The van der Waals surface area contributed by atoms with Crippen LogP contribution in [0.25, 0.3) is 0 Å². The standard InChI is InChI=1S/C5H12N2O2S/c6-3-5-4-10(8,9)2-1-7-5/h5,7H,1-4,6H2/t5-/m1/s1. The van der Waals surface area contributed by atoms with Gasteiger partial charge in [0.15, 0.2) is 9.84 Å². The van der Waals surface area contributed by atoms with Gasteiger partial charge in [0.05, 0.1) is 11.5 Å². The lowest BCUT2D eigenvalue weighted by Crippen LogP contribution is -2.48. The normalized spacial score (nSPS) is 31.9. The summed E-state index contributed by atoms with van der Waals surface area (Å²) in [4.78, 5) is 0. The average Bonchev–Trinajstić information content (AvgIpc) is 1.86. The molecule has 1 rings (SSSR count). The van der Waals surface area contributed by atoms with Crippen molar-refractivity contribution in [3.63, 3.8) is 0 Å². The molecule has 60 valence electrons. The highest BCUT2D eigenvalue weighted by molar-refractivity contribution is 7.91. The third kappa shape index (κ3) is 1.93. The summed E-state index contributed by atoms with van der Waals surface area (Å²) in [5, 5.41) is 3.02. The van der Waals surface area contributed by atoms with E-state index in [2.05, 4.69) is 5.32 Å². The summed E-state index contributed by atoms with van der Waals surface area (Å²) in [5.74, 6) is 0.451.